The van der Waals surface area contributed by atoms with E-state index in [1.807, 2.05) is 7.05 Å². The van der Waals surface area contributed by atoms with Gasteiger partial charge in [-0.05, 0) is 0 Å². The molecule has 3 heterocycles. The Morgan fingerprint density at radius 2 is 2.40 bits per heavy atom. The molecule has 106 valence electrons. The second-order valence-corrected chi connectivity index (χ2v) is 5.87. The highest BCUT2D eigenvalue weighted by atomic mass is 32.2. The standard InChI is InChI=1S/C12H15N5O2S/c1-16-11-9(5-15-16)12(14-7-13-11)17-2-3-20-6-8(17)4-10(18)19/h5,7-8H,2-4,6H2,1H3,(H,18,19). The Balaban J connectivity index is 2.01. The van der Waals surface area contributed by atoms with Crippen molar-refractivity contribution >= 4 is 34.6 Å². The van der Waals surface area contributed by atoms with Crippen molar-refractivity contribution < 1.29 is 9.90 Å². The molecule has 1 atom stereocenters. The molecular formula is C12H15N5O2S. The summed E-state index contributed by atoms with van der Waals surface area (Å²) in [7, 11) is 1.83. The van der Waals surface area contributed by atoms with Crippen LogP contribution in [0.2, 0.25) is 0 Å². The van der Waals surface area contributed by atoms with E-state index in [0.29, 0.717) is 0 Å². The van der Waals surface area contributed by atoms with Gasteiger partial charge in [0.1, 0.15) is 12.1 Å². The number of aliphatic carboxylic acids is 1. The van der Waals surface area contributed by atoms with Crippen LogP contribution < -0.4 is 4.90 Å². The fourth-order valence-corrected chi connectivity index (χ4v) is 3.55. The van der Waals surface area contributed by atoms with Crippen molar-refractivity contribution in [1.29, 1.82) is 0 Å². The molecule has 7 nitrogen and oxygen atoms in total. The van der Waals surface area contributed by atoms with Crippen LogP contribution in [0.15, 0.2) is 12.5 Å². The maximum atomic E-state index is 11.0. The number of aromatic nitrogens is 4. The normalized spacial score (nSPS) is 19.4. The van der Waals surface area contributed by atoms with E-state index in [1.54, 1.807) is 22.6 Å². The second-order valence-electron chi connectivity index (χ2n) is 4.72. The zero-order chi connectivity index (χ0) is 14.1. The van der Waals surface area contributed by atoms with Crippen LogP contribution in [0.5, 0.6) is 0 Å². The lowest BCUT2D eigenvalue weighted by Crippen LogP contribution is -2.44. The van der Waals surface area contributed by atoms with Gasteiger partial charge >= 0.3 is 5.97 Å². The number of hydrogen-bond donors (Lipinski definition) is 1. The van der Waals surface area contributed by atoms with E-state index in [1.165, 1.54) is 6.33 Å². The number of carbonyl (C=O) groups is 1. The highest BCUT2D eigenvalue weighted by molar-refractivity contribution is 7.99. The van der Waals surface area contributed by atoms with E-state index in [9.17, 15) is 4.79 Å². The van der Waals surface area contributed by atoms with Gasteiger partial charge < -0.3 is 10.0 Å². The van der Waals surface area contributed by atoms with Crippen LogP contribution in [-0.2, 0) is 11.8 Å². The number of hydrogen-bond acceptors (Lipinski definition) is 6. The highest BCUT2D eigenvalue weighted by Gasteiger charge is 2.27. The Hall–Kier alpha value is -1.83. The molecule has 1 unspecified atom stereocenters. The van der Waals surface area contributed by atoms with Crippen molar-refractivity contribution in [3.63, 3.8) is 0 Å². The number of carboxylic acid groups (broad SMARTS) is 1. The summed E-state index contributed by atoms with van der Waals surface area (Å²) < 4.78 is 1.70. The molecule has 0 bridgehead atoms. The highest BCUT2D eigenvalue weighted by Crippen LogP contribution is 2.29. The third-order valence-electron chi connectivity index (χ3n) is 3.42. The lowest BCUT2D eigenvalue weighted by atomic mass is 10.2. The average molecular weight is 293 g/mol. The Morgan fingerprint density at radius 1 is 1.55 bits per heavy atom. The summed E-state index contributed by atoms with van der Waals surface area (Å²) in [5.74, 6) is 1.79. The van der Waals surface area contributed by atoms with E-state index < -0.39 is 5.97 Å². The summed E-state index contributed by atoms with van der Waals surface area (Å²) in [5.41, 5.74) is 0.766. The Labute approximate surface area is 120 Å². The van der Waals surface area contributed by atoms with Crippen LogP contribution in [-0.4, -0.2) is 54.9 Å². The van der Waals surface area contributed by atoms with Crippen molar-refractivity contribution in [2.45, 2.75) is 12.5 Å². The summed E-state index contributed by atoms with van der Waals surface area (Å²) in [4.78, 5) is 21.7. The quantitative estimate of drug-likeness (QED) is 0.894. The maximum Gasteiger partial charge on any atom is 0.305 e. The van der Waals surface area contributed by atoms with Crippen LogP contribution >= 0.6 is 11.8 Å². The molecule has 1 fully saturated rings. The molecule has 2 aromatic heterocycles. The number of aryl methyl sites for hydroxylation is 1. The van der Waals surface area contributed by atoms with Crippen molar-refractivity contribution in [2.75, 3.05) is 23.0 Å². The van der Waals surface area contributed by atoms with Crippen LogP contribution in [0.4, 0.5) is 5.82 Å². The topological polar surface area (TPSA) is 84.1 Å². The molecule has 0 spiro atoms. The second kappa shape index (κ2) is 5.28. The molecule has 8 heteroatoms. The van der Waals surface area contributed by atoms with E-state index >= 15 is 0 Å². The SMILES string of the molecule is Cn1ncc2c(N3CCSCC3CC(=O)O)ncnc21. The number of anilines is 1. The van der Waals surface area contributed by atoms with Crippen molar-refractivity contribution in [3.8, 4) is 0 Å². The molecule has 1 N–H and O–H groups in total. The fourth-order valence-electron chi connectivity index (χ4n) is 2.48. The summed E-state index contributed by atoms with van der Waals surface area (Å²) in [5, 5.41) is 14.1. The van der Waals surface area contributed by atoms with Gasteiger partial charge in [0.25, 0.3) is 0 Å². The molecule has 0 amide bonds. The van der Waals surface area contributed by atoms with Crippen LogP contribution in [0.1, 0.15) is 6.42 Å². The van der Waals surface area contributed by atoms with E-state index in [2.05, 4.69) is 20.0 Å². The molecule has 1 saturated heterocycles. The van der Waals surface area contributed by atoms with E-state index in [4.69, 9.17) is 5.11 Å². The zero-order valence-electron chi connectivity index (χ0n) is 11.1. The molecule has 0 saturated carbocycles. The third-order valence-corrected chi connectivity index (χ3v) is 4.51. The molecule has 0 aromatic carbocycles. The first kappa shape index (κ1) is 13.2. The van der Waals surface area contributed by atoms with Crippen molar-refractivity contribution in [1.82, 2.24) is 19.7 Å². The van der Waals surface area contributed by atoms with Gasteiger partial charge in [-0.2, -0.15) is 16.9 Å². The molecule has 1 aliphatic heterocycles. The number of rotatable bonds is 3. The van der Waals surface area contributed by atoms with Crippen molar-refractivity contribution in [3.05, 3.63) is 12.5 Å². The molecule has 1 aliphatic rings. The number of nitrogens with zero attached hydrogens (tertiary/aromatic N) is 5. The van der Waals surface area contributed by atoms with E-state index in [0.717, 1.165) is 34.9 Å². The first-order chi connectivity index (χ1) is 9.66. The van der Waals surface area contributed by atoms with Gasteiger partial charge in [0, 0.05) is 31.1 Å². The number of thioether (sulfide) groups is 1. The van der Waals surface area contributed by atoms with Gasteiger partial charge in [0.15, 0.2) is 5.65 Å². The third kappa shape index (κ3) is 2.31. The molecule has 20 heavy (non-hydrogen) atoms. The molecule has 0 aliphatic carbocycles. The number of fused-ring (bicyclic) bond motifs is 1. The fraction of sp³-hybridized carbons (Fsp3) is 0.500. The van der Waals surface area contributed by atoms with Gasteiger partial charge in [0.05, 0.1) is 18.0 Å². The van der Waals surface area contributed by atoms with E-state index in [-0.39, 0.29) is 12.5 Å². The predicted octanol–water partition coefficient (Wildman–Crippen LogP) is 0.760. The lowest BCUT2D eigenvalue weighted by Gasteiger charge is -2.35. The van der Waals surface area contributed by atoms with Gasteiger partial charge in [0.2, 0.25) is 0 Å². The minimum atomic E-state index is -0.779. The minimum absolute atomic E-state index is 0.0374. The van der Waals surface area contributed by atoms with Crippen LogP contribution in [0.3, 0.4) is 0 Å². The largest absolute Gasteiger partial charge is 0.481 e. The van der Waals surface area contributed by atoms with Crippen LogP contribution in [0, 0.1) is 0 Å². The molecular weight excluding hydrogens is 278 g/mol. The summed E-state index contributed by atoms with van der Waals surface area (Å²) in [6.07, 6.45) is 3.38. The monoisotopic (exact) mass is 293 g/mol. The Bertz CT molecular complexity index is 644. The average Bonchev–Trinajstić information content (AvgIpc) is 2.81. The van der Waals surface area contributed by atoms with Crippen LogP contribution in [0.25, 0.3) is 11.0 Å². The Morgan fingerprint density at radius 3 is 3.20 bits per heavy atom. The van der Waals surface area contributed by atoms with Gasteiger partial charge in [-0.3, -0.25) is 9.48 Å². The summed E-state index contributed by atoms with van der Waals surface area (Å²) >= 11 is 1.78. The lowest BCUT2D eigenvalue weighted by molar-refractivity contribution is -0.137. The maximum absolute atomic E-state index is 11.0. The Kier molecular flexibility index (Phi) is 3.47. The zero-order valence-corrected chi connectivity index (χ0v) is 11.9. The van der Waals surface area contributed by atoms with Crippen molar-refractivity contribution in [2.24, 2.45) is 7.05 Å². The van der Waals surface area contributed by atoms with Gasteiger partial charge in [-0.15, -0.1) is 0 Å². The predicted molar refractivity (Wildman–Crippen MR) is 77.0 cm³/mol. The smallest absolute Gasteiger partial charge is 0.305 e. The minimum Gasteiger partial charge on any atom is -0.481 e. The van der Waals surface area contributed by atoms with Gasteiger partial charge in [-0.25, -0.2) is 9.97 Å². The summed E-state index contributed by atoms with van der Waals surface area (Å²) in [6, 6.07) is -0.0374. The molecule has 2 aromatic rings. The molecule has 3 rings (SSSR count). The first-order valence-electron chi connectivity index (χ1n) is 6.35. The number of carboxylic acids is 1. The van der Waals surface area contributed by atoms with Gasteiger partial charge in [-0.1, -0.05) is 0 Å². The summed E-state index contributed by atoms with van der Waals surface area (Å²) in [6.45, 7) is 0.795. The molecule has 0 radical (unpaired) electrons. The first-order valence-corrected chi connectivity index (χ1v) is 7.51.